The number of fused-ring (bicyclic) bond motifs is 1. The van der Waals surface area contributed by atoms with Gasteiger partial charge in [0.25, 0.3) is 11.8 Å². The number of carbonyl (C=O) groups excluding carboxylic acids is 2. The van der Waals surface area contributed by atoms with Gasteiger partial charge in [-0.15, -0.1) is 0 Å². The lowest BCUT2D eigenvalue weighted by molar-refractivity contribution is 0.0934. The maximum absolute atomic E-state index is 12.5. The Morgan fingerprint density at radius 3 is 2.56 bits per heavy atom. The van der Waals surface area contributed by atoms with Gasteiger partial charge in [-0.2, -0.15) is 0 Å². The van der Waals surface area contributed by atoms with Crippen molar-refractivity contribution in [2.24, 2.45) is 0 Å². The van der Waals surface area contributed by atoms with Gasteiger partial charge in [0.1, 0.15) is 6.17 Å². The van der Waals surface area contributed by atoms with Crippen LogP contribution in [-0.2, 0) is 0 Å². The number of rotatable bonds is 3. The summed E-state index contributed by atoms with van der Waals surface area (Å²) in [5, 5.41) is 9.46. The number of hydrogen-bond acceptors (Lipinski definition) is 3. The molecule has 1 aliphatic heterocycles. The van der Waals surface area contributed by atoms with E-state index < -0.39 is 0 Å². The Morgan fingerprint density at radius 1 is 0.926 bits per heavy atom. The molecule has 3 aromatic carbocycles. The molecule has 27 heavy (non-hydrogen) atoms. The molecule has 134 valence electrons. The summed E-state index contributed by atoms with van der Waals surface area (Å²) in [6, 6.07) is 21.5. The third kappa shape index (κ3) is 3.50. The summed E-state index contributed by atoms with van der Waals surface area (Å²) in [5.41, 5.74) is 3.23. The number of para-hydroxylation sites is 1. The molecule has 2 amide bonds. The molecule has 0 bridgehead atoms. The predicted molar refractivity (Wildman–Crippen MR) is 106 cm³/mol. The third-order valence-electron chi connectivity index (χ3n) is 4.34. The first-order valence-electron chi connectivity index (χ1n) is 8.44. The van der Waals surface area contributed by atoms with E-state index in [0.717, 1.165) is 11.3 Å². The highest BCUT2D eigenvalue weighted by Crippen LogP contribution is 2.27. The average molecular weight is 378 g/mol. The molecule has 0 fully saturated rings. The highest BCUT2D eigenvalue weighted by molar-refractivity contribution is 6.34. The van der Waals surface area contributed by atoms with Crippen LogP contribution in [0.1, 0.15) is 32.4 Å². The molecule has 0 saturated carbocycles. The number of anilines is 2. The maximum Gasteiger partial charge on any atom is 0.257 e. The third-order valence-corrected chi connectivity index (χ3v) is 4.67. The van der Waals surface area contributed by atoms with Gasteiger partial charge in [-0.1, -0.05) is 48.0 Å². The zero-order valence-corrected chi connectivity index (χ0v) is 15.0. The van der Waals surface area contributed by atoms with Crippen LogP contribution in [-0.4, -0.2) is 11.8 Å². The fraction of sp³-hybridized carbons (Fsp3) is 0.0476. The first-order chi connectivity index (χ1) is 13.1. The highest BCUT2D eigenvalue weighted by atomic mass is 35.5. The molecule has 4 rings (SSSR count). The monoisotopic (exact) mass is 377 g/mol. The van der Waals surface area contributed by atoms with Gasteiger partial charge in [0.05, 0.1) is 16.1 Å². The van der Waals surface area contributed by atoms with Crippen LogP contribution in [0, 0.1) is 0 Å². The predicted octanol–water partition coefficient (Wildman–Crippen LogP) is 4.45. The largest absolute Gasteiger partial charge is 0.361 e. The number of halogens is 1. The van der Waals surface area contributed by atoms with Crippen molar-refractivity contribution in [1.29, 1.82) is 0 Å². The molecule has 3 N–H and O–H groups in total. The summed E-state index contributed by atoms with van der Waals surface area (Å²) in [6.07, 6.45) is -0.385. The van der Waals surface area contributed by atoms with Gasteiger partial charge in [-0.05, 0) is 42.0 Å². The van der Waals surface area contributed by atoms with E-state index in [4.69, 9.17) is 11.6 Å². The van der Waals surface area contributed by atoms with Gasteiger partial charge < -0.3 is 16.0 Å². The van der Waals surface area contributed by atoms with Gasteiger partial charge in [0.2, 0.25) is 0 Å². The topological polar surface area (TPSA) is 70.2 Å². The number of hydrogen-bond donors (Lipinski definition) is 3. The fourth-order valence-corrected chi connectivity index (χ4v) is 3.24. The van der Waals surface area contributed by atoms with Crippen LogP contribution >= 0.6 is 11.6 Å². The van der Waals surface area contributed by atoms with Crippen LogP contribution in [0.25, 0.3) is 0 Å². The molecule has 0 spiro atoms. The lowest BCUT2D eigenvalue weighted by Gasteiger charge is -2.28. The molecule has 0 radical (unpaired) electrons. The van der Waals surface area contributed by atoms with Crippen LogP contribution in [0.5, 0.6) is 0 Å². The Bertz CT molecular complexity index is 1040. The molecule has 1 unspecified atom stereocenters. The number of nitrogens with one attached hydrogen (secondary N) is 3. The SMILES string of the molecule is O=C(Nc1cccc(C2NC(=O)c3ccccc3N2)c1)c1ccccc1Cl. The second kappa shape index (κ2) is 7.13. The standard InChI is InChI=1S/C21H16ClN3O2/c22-17-10-3-1-8-15(17)20(26)23-14-7-5-6-13(12-14)19-24-18-11-4-2-9-16(18)21(27)25-19/h1-12,19,24H,(H,23,26)(H,25,27). The Balaban J connectivity index is 1.56. The van der Waals surface area contributed by atoms with E-state index in [0.29, 0.717) is 21.8 Å². The van der Waals surface area contributed by atoms with Gasteiger partial charge >= 0.3 is 0 Å². The molecule has 5 nitrogen and oxygen atoms in total. The van der Waals surface area contributed by atoms with Crippen LogP contribution < -0.4 is 16.0 Å². The lowest BCUT2D eigenvalue weighted by atomic mass is 10.1. The summed E-state index contributed by atoms with van der Waals surface area (Å²) in [5.74, 6) is -0.427. The summed E-state index contributed by atoms with van der Waals surface area (Å²) in [4.78, 5) is 24.8. The van der Waals surface area contributed by atoms with Crippen molar-refractivity contribution >= 4 is 34.8 Å². The van der Waals surface area contributed by atoms with E-state index in [2.05, 4.69) is 16.0 Å². The van der Waals surface area contributed by atoms with Crippen LogP contribution in [0.4, 0.5) is 11.4 Å². The molecule has 0 aliphatic carbocycles. The molecular formula is C21H16ClN3O2. The van der Waals surface area contributed by atoms with E-state index in [1.54, 1.807) is 36.4 Å². The van der Waals surface area contributed by atoms with Gasteiger partial charge in [0, 0.05) is 11.4 Å². The number of carbonyl (C=O) groups is 2. The van der Waals surface area contributed by atoms with Crippen molar-refractivity contribution in [3.8, 4) is 0 Å². The number of amides is 2. The van der Waals surface area contributed by atoms with Crippen molar-refractivity contribution in [1.82, 2.24) is 5.32 Å². The molecule has 0 saturated heterocycles. The molecule has 1 heterocycles. The second-order valence-corrected chi connectivity index (χ2v) is 6.56. The van der Waals surface area contributed by atoms with Crippen LogP contribution in [0.3, 0.4) is 0 Å². The molecule has 1 atom stereocenters. The van der Waals surface area contributed by atoms with Crippen LogP contribution in [0.15, 0.2) is 72.8 Å². The van der Waals surface area contributed by atoms with Crippen LogP contribution in [0.2, 0.25) is 5.02 Å². The normalized spacial score (nSPS) is 15.3. The summed E-state index contributed by atoms with van der Waals surface area (Å²) >= 11 is 6.08. The van der Waals surface area contributed by atoms with Crippen molar-refractivity contribution < 1.29 is 9.59 Å². The molecule has 1 aliphatic rings. The van der Waals surface area contributed by atoms with Gasteiger partial charge in [0.15, 0.2) is 0 Å². The van der Waals surface area contributed by atoms with Crippen molar-refractivity contribution in [3.63, 3.8) is 0 Å². The zero-order chi connectivity index (χ0) is 18.8. The van der Waals surface area contributed by atoms with E-state index in [9.17, 15) is 9.59 Å². The fourth-order valence-electron chi connectivity index (χ4n) is 3.01. The molecule has 6 heteroatoms. The highest BCUT2D eigenvalue weighted by Gasteiger charge is 2.24. The minimum atomic E-state index is -0.385. The summed E-state index contributed by atoms with van der Waals surface area (Å²) < 4.78 is 0. The van der Waals surface area contributed by atoms with E-state index in [1.807, 2.05) is 36.4 Å². The Kier molecular flexibility index (Phi) is 4.52. The first-order valence-corrected chi connectivity index (χ1v) is 8.82. The second-order valence-electron chi connectivity index (χ2n) is 6.16. The Hall–Kier alpha value is -3.31. The van der Waals surface area contributed by atoms with Gasteiger partial charge in [-0.3, -0.25) is 9.59 Å². The maximum atomic E-state index is 12.5. The molecular weight excluding hydrogens is 362 g/mol. The zero-order valence-electron chi connectivity index (χ0n) is 14.2. The lowest BCUT2D eigenvalue weighted by Crippen LogP contribution is -2.38. The first kappa shape index (κ1) is 17.1. The molecule has 0 aromatic heterocycles. The summed E-state index contributed by atoms with van der Waals surface area (Å²) in [7, 11) is 0. The molecule has 3 aromatic rings. The minimum Gasteiger partial charge on any atom is -0.361 e. The van der Waals surface area contributed by atoms with E-state index in [1.165, 1.54) is 0 Å². The number of benzene rings is 3. The van der Waals surface area contributed by atoms with E-state index >= 15 is 0 Å². The Morgan fingerprint density at radius 2 is 1.70 bits per heavy atom. The van der Waals surface area contributed by atoms with Crippen molar-refractivity contribution in [2.75, 3.05) is 10.6 Å². The quantitative estimate of drug-likeness (QED) is 0.631. The average Bonchev–Trinajstić information content (AvgIpc) is 2.68. The van der Waals surface area contributed by atoms with E-state index in [-0.39, 0.29) is 18.0 Å². The minimum absolute atomic E-state index is 0.139. The van der Waals surface area contributed by atoms with Crippen molar-refractivity contribution in [2.45, 2.75) is 6.17 Å². The smallest absolute Gasteiger partial charge is 0.257 e. The van der Waals surface area contributed by atoms with Crippen molar-refractivity contribution in [3.05, 3.63) is 94.5 Å². The van der Waals surface area contributed by atoms with Gasteiger partial charge in [-0.25, -0.2) is 0 Å². The summed E-state index contributed by atoms with van der Waals surface area (Å²) in [6.45, 7) is 0. The Labute approximate surface area is 161 Å².